The summed E-state index contributed by atoms with van der Waals surface area (Å²) in [5.74, 6) is 0.0113. The molecule has 2 nitrogen and oxygen atoms in total. The highest BCUT2D eigenvalue weighted by molar-refractivity contribution is 5.66. The quantitative estimate of drug-likeness (QED) is 0.236. The number of unbranched alkanes of at least 4 members (excludes halogenated alkanes) is 11. The third-order valence-electron chi connectivity index (χ3n) is 5.99. The average Bonchev–Trinajstić information content (AvgIpc) is 2.73. The Labute approximate surface area is 179 Å². The van der Waals surface area contributed by atoms with Crippen LogP contribution in [0.5, 0.6) is 0 Å². The van der Waals surface area contributed by atoms with Crippen molar-refractivity contribution in [1.82, 2.24) is 0 Å². The van der Waals surface area contributed by atoms with Gasteiger partial charge in [0.2, 0.25) is 0 Å². The Morgan fingerprint density at radius 2 is 1.31 bits per heavy atom. The van der Waals surface area contributed by atoms with E-state index >= 15 is 0 Å². The lowest BCUT2D eigenvalue weighted by atomic mass is 9.87. The number of rotatable bonds is 19. The molecule has 1 aromatic rings. The standard InChI is InChI=1S/C27H44O2/c1-3-5-6-7-8-11-14-17-25(26-22-20-24(4-2)21-23-26)18-15-12-9-10-13-16-19-27(28)29/h4,20-23,25H,2-3,5-19H2,1H3,(H,28,29). The van der Waals surface area contributed by atoms with Crippen LogP contribution in [0.2, 0.25) is 0 Å². The second-order valence-electron chi connectivity index (χ2n) is 8.53. The molecule has 0 saturated carbocycles. The number of hydrogen-bond acceptors (Lipinski definition) is 1. The van der Waals surface area contributed by atoms with Crippen molar-refractivity contribution in [2.24, 2.45) is 0 Å². The van der Waals surface area contributed by atoms with Gasteiger partial charge in [-0.15, -0.1) is 0 Å². The van der Waals surface area contributed by atoms with Gasteiger partial charge in [-0.1, -0.05) is 121 Å². The number of carboxylic acids is 1. The van der Waals surface area contributed by atoms with Gasteiger partial charge in [-0.25, -0.2) is 0 Å². The number of aliphatic carboxylic acids is 1. The number of benzene rings is 1. The van der Waals surface area contributed by atoms with Gasteiger partial charge >= 0.3 is 5.97 Å². The number of carbonyl (C=O) groups is 1. The van der Waals surface area contributed by atoms with Crippen molar-refractivity contribution in [2.45, 2.75) is 116 Å². The van der Waals surface area contributed by atoms with Gasteiger partial charge < -0.3 is 5.11 Å². The summed E-state index contributed by atoms with van der Waals surface area (Å²) in [5.41, 5.74) is 2.69. The second-order valence-corrected chi connectivity index (χ2v) is 8.53. The summed E-state index contributed by atoms with van der Waals surface area (Å²) in [6.45, 7) is 6.14. The monoisotopic (exact) mass is 400 g/mol. The first-order valence-electron chi connectivity index (χ1n) is 12.1. The van der Waals surface area contributed by atoms with E-state index in [9.17, 15) is 4.79 Å². The normalized spacial score (nSPS) is 12.0. The maximum absolute atomic E-state index is 10.6. The van der Waals surface area contributed by atoms with Crippen LogP contribution in [0.1, 0.15) is 127 Å². The largest absolute Gasteiger partial charge is 0.481 e. The molecular weight excluding hydrogens is 356 g/mol. The van der Waals surface area contributed by atoms with Crippen molar-refractivity contribution in [3.8, 4) is 0 Å². The topological polar surface area (TPSA) is 37.3 Å². The average molecular weight is 401 g/mol. The fourth-order valence-corrected chi connectivity index (χ4v) is 4.10. The van der Waals surface area contributed by atoms with Crippen LogP contribution < -0.4 is 0 Å². The van der Waals surface area contributed by atoms with Gasteiger partial charge in [0.05, 0.1) is 0 Å². The zero-order valence-electron chi connectivity index (χ0n) is 18.8. The number of hydrogen-bond donors (Lipinski definition) is 1. The Kier molecular flexibility index (Phi) is 15.2. The van der Waals surface area contributed by atoms with Gasteiger partial charge in [0.1, 0.15) is 0 Å². The molecule has 2 heteroatoms. The van der Waals surface area contributed by atoms with E-state index in [0.717, 1.165) is 12.8 Å². The Morgan fingerprint density at radius 3 is 1.79 bits per heavy atom. The summed E-state index contributed by atoms with van der Waals surface area (Å²) in [7, 11) is 0. The van der Waals surface area contributed by atoms with Crippen LogP contribution in [0.15, 0.2) is 30.8 Å². The van der Waals surface area contributed by atoms with Crippen molar-refractivity contribution >= 4 is 12.0 Å². The molecule has 0 aromatic heterocycles. The van der Waals surface area contributed by atoms with Crippen LogP contribution in [0.4, 0.5) is 0 Å². The van der Waals surface area contributed by atoms with Crippen LogP contribution >= 0.6 is 0 Å². The summed E-state index contributed by atoms with van der Waals surface area (Å²) in [5, 5.41) is 8.69. The summed E-state index contributed by atoms with van der Waals surface area (Å²) >= 11 is 0. The molecular formula is C27H44O2. The molecule has 1 N–H and O–H groups in total. The third kappa shape index (κ3) is 13.3. The fraction of sp³-hybridized carbons (Fsp3) is 0.667. The Balaban J connectivity index is 2.32. The van der Waals surface area contributed by atoms with E-state index < -0.39 is 5.97 Å². The van der Waals surface area contributed by atoms with E-state index in [1.165, 1.54) is 94.6 Å². The third-order valence-corrected chi connectivity index (χ3v) is 5.99. The first-order valence-corrected chi connectivity index (χ1v) is 12.1. The van der Waals surface area contributed by atoms with Crippen molar-refractivity contribution in [1.29, 1.82) is 0 Å². The molecule has 0 aliphatic heterocycles. The molecule has 0 saturated heterocycles. The lowest BCUT2D eigenvalue weighted by molar-refractivity contribution is -0.137. The van der Waals surface area contributed by atoms with E-state index in [4.69, 9.17) is 5.11 Å². The van der Waals surface area contributed by atoms with E-state index in [1.807, 2.05) is 6.08 Å². The minimum Gasteiger partial charge on any atom is -0.481 e. The summed E-state index contributed by atoms with van der Waals surface area (Å²) in [6.07, 6.45) is 21.3. The van der Waals surface area contributed by atoms with E-state index in [1.54, 1.807) is 0 Å². The number of carboxylic acid groups (broad SMARTS) is 1. The Bertz CT molecular complexity index is 532. The molecule has 29 heavy (non-hydrogen) atoms. The van der Waals surface area contributed by atoms with Crippen LogP contribution in [0.25, 0.3) is 6.08 Å². The summed E-state index contributed by atoms with van der Waals surface area (Å²) < 4.78 is 0. The van der Waals surface area contributed by atoms with Gasteiger partial charge in [0.25, 0.3) is 0 Å². The molecule has 1 atom stereocenters. The minimum absolute atomic E-state index is 0.321. The first-order chi connectivity index (χ1) is 14.2. The van der Waals surface area contributed by atoms with Gasteiger partial charge in [-0.3, -0.25) is 4.79 Å². The van der Waals surface area contributed by atoms with Crippen LogP contribution in [-0.2, 0) is 4.79 Å². The maximum atomic E-state index is 10.6. The molecule has 0 fully saturated rings. The molecule has 0 bridgehead atoms. The second kappa shape index (κ2) is 17.3. The molecule has 0 aliphatic rings. The lowest BCUT2D eigenvalue weighted by Gasteiger charge is -2.18. The molecule has 0 amide bonds. The van der Waals surface area contributed by atoms with Crippen molar-refractivity contribution < 1.29 is 9.90 Å². The van der Waals surface area contributed by atoms with Crippen LogP contribution in [-0.4, -0.2) is 11.1 Å². The van der Waals surface area contributed by atoms with Crippen LogP contribution in [0.3, 0.4) is 0 Å². The molecule has 1 rings (SSSR count). The highest BCUT2D eigenvalue weighted by Gasteiger charge is 2.11. The SMILES string of the molecule is C=Cc1ccc(C(CCCCCCCCC)CCCCCCCCC(=O)O)cc1. The van der Waals surface area contributed by atoms with Crippen LogP contribution in [0, 0.1) is 0 Å². The minimum atomic E-state index is -0.666. The van der Waals surface area contributed by atoms with Gasteiger partial charge in [0.15, 0.2) is 0 Å². The summed E-state index contributed by atoms with van der Waals surface area (Å²) in [4.78, 5) is 10.6. The molecule has 1 aromatic carbocycles. The Morgan fingerprint density at radius 1 is 0.828 bits per heavy atom. The lowest BCUT2D eigenvalue weighted by Crippen LogP contribution is -2.00. The molecule has 0 heterocycles. The fourth-order valence-electron chi connectivity index (χ4n) is 4.10. The van der Waals surface area contributed by atoms with Crippen molar-refractivity contribution in [3.05, 3.63) is 42.0 Å². The highest BCUT2D eigenvalue weighted by atomic mass is 16.4. The maximum Gasteiger partial charge on any atom is 0.303 e. The van der Waals surface area contributed by atoms with E-state index in [2.05, 4.69) is 37.8 Å². The van der Waals surface area contributed by atoms with Crippen molar-refractivity contribution in [3.63, 3.8) is 0 Å². The van der Waals surface area contributed by atoms with E-state index in [0.29, 0.717) is 12.3 Å². The van der Waals surface area contributed by atoms with E-state index in [-0.39, 0.29) is 0 Å². The van der Waals surface area contributed by atoms with Gasteiger partial charge in [-0.05, 0) is 36.3 Å². The first kappa shape index (κ1) is 25.5. The molecule has 1 unspecified atom stereocenters. The summed E-state index contributed by atoms with van der Waals surface area (Å²) in [6, 6.07) is 8.99. The molecule has 0 spiro atoms. The predicted octanol–water partition coefficient (Wildman–Crippen LogP) is 8.76. The zero-order chi connectivity index (χ0) is 21.2. The van der Waals surface area contributed by atoms with Gasteiger partial charge in [0, 0.05) is 6.42 Å². The molecule has 164 valence electrons. The smallest absolute Gasteiger partial charge is 0.303 e. The predicted molar refractivity (Wildman–Crippen MR) is 126 cm³/mol. The molecule has 0 radical (unpaired) electrons. The van der Waals surface area contributed by atoms with Crippen molar-refractivity contribution in [2.75, 3.05) is 0 Å². The highest BCUT2D eigenvalue weighted by Crippen LogP contribution is 2.29. The molecule has 0 aliphatic carbocycles. The zero-order valence-corrected chi connectivity index (χ0v) is 18.8. The Hall–Kier alpha value is -1.57. The van der Waals surface area contributed by atoms with Gasteiger partial charge in [-0.2, -0.15) is 0 Å².